The van der Waals surface area contributed by atoms with E-state index in [9.17, 15) is 0 Å². The molecular weight excluding hydrogens is 258 g/mol. The highest BCUT2D eigenvalue weighted by Gasteiger charge is 2.06. The van der Waals surface area contributed by atoms with E-state index < -0.39 is 0 Å². The van der Waals surface area contributed by atoms with Crippen molar-refractivity contribution < 1.29 is 10.1 Å². The number of hydrogen-bond acceptors (Lipinski definition) is 1. The fourth-order valence-corrected chi connectivity index (χ4v) is 2.08. The molecule has 3 heteroatoms. The minimum atomic E-state index is 0.585. The molecule has 2 aromatic carbocycles. The van der Waals surface area contributed by atoms with E-state index >= 15 is 0 Å². The van der Waals surface area contributed by atoms with Crippen molar-refractivity contribution in [2.24, 2.45) is 0 Å². The summed E-state index contributed by atoms with van der Waals surface area (Å²) in [5, 5.41) is 2.98. The number of rotatable bonds is 6. The zero-order valence-corrected chi connectivity index (χ0v) is 11.9. The molecule has 0 unspecified atom stereocenters. The zero-order valence-electron chi connectivity index (χ0n) is 11.1. The van der Waals surface area contributed by atoms with E-state index in [2.05, 4.69) is 24.4 Å². The van der Waals surface area contributed by atoms with E-state index in [-0.39, 0.29) is 0 Å². The molecule has 0 saturated heterocycles. The molecule has 0 aliphatic carbocycles. The lowest BCUT2D eigenvalue weighted by Crippen LogP contribution is -2.81. The Morgan fingerprint density at radius 3 is 2.63 bits per heavy atom. The molecule has 0 radical (unpaired) electrons. The van der Waals surface area contributed by atoms with Crippen molar-refractivity contribution >= 4 is 11.6 Å². The third-order valence-electron chi connectivity index (χ3n) is 2.91. The number of nitrogens with two attached hydrogens (primary N) is 1. The van der Waals surface area contributed by atoms with E-state index in [1.807, 2.05) is 36.4 Å². The summed E-state index contributed by atoms with van der Waals surface area (Å²) in [5.74, 6) is 0.915. The van der Waals surface area contributed by atoms with Crippen molar-refractivity contribution in [3.8, 4) is 5.75 Å². The van der Waals surface area contributed by atoms with Crippen LogP contribution < -0.4 is 10.1 Å². The molecule has 0 amide bonds. The standard InChI is InChI=1S/C16H18ClNO/c1-2-18-11-14-10-15(17)8-9-16(14)19-12-13-6-4-3-5-7-13/h3-10,18H,2,11-12H2,1H3/p+1. The predicted octanol–water partition coefficient (Wildman–Crippen LogP) is 3.00. The Morgan fingerprint density at radius 1 is 1.11 bits per heavy atom. The minimum absolute atomic E-state index is 0.585. The van der Waals surface area contributed by atoms with Crippen LogP contribution in [0.3, 0.4) is 0 Å². The van der Waals surface area contributed by atoms with E-state index in [0.717, 1.165) is 29.4 Å². The molecule has 0 aliphatic rings. The Morgan fingerprint density at radius 2 is 1.89 bits per heavy atom. The van der Waals surface area contributed by atoms with Crippen LogP contribution in [0.25, 0.3) is 0 Å². The van der Waals surface area contributed by atoms with Gasteiger partial charge in [0.15, 0.2) is 0 Å². The summed E-state index contributed by atoms with van der Waals surface area (Å²) >= 11 is 6.04. The van der Waals surface area contributed by atoms with Crippen molar-refractivity contribution in [2.75, 3.05) is 6.54 Å². The molecule has 0 atom stereocenters. The topological polar surface area (TPSA) is 25.8 Å². The van der Waals surface area contributed by atoms with Gasteiger partial charge in [-0.25, -0.2) is 0 Å². The zero-order chi connectivity index (χ0) is 13.5. The summed E-state index contributed by atoms with van der Waals surface area (Å²) < 4.78 is 5.90. The molecule has 0 fully saturated rings. The molecule has 0 bridgehead atoms. The maximum absolute atomic E-state index is 6.04. The monoisotopic (exact) mass is 276 g/mol. The van der Waals surface area contributed by atoms with Crippen molar-refractivity contribution in [2.45, 2.75) is 20.1 Å². The largest absolute Gasteiger partial charge is 0.488 e. The second kappa shape index (κ2) is 7.17. The molecule has 100 valence electrons. The summed E-state index contributed by atoms with van der Waals surface area (Å²) in [4.78, 5) is 0. The average molecular weight is 277 g/mol. The van der Waals surface area contributed by atoms with Crippen LogP contribution in [0.1, 0.15) is 18.1 Å². The van der Waals surface area contributed by atoms with Crippen LogP contribution in [0.5, 0.6) is 5.75 Å². The lowest BCUT2D eigenvalue weighted by atomic mass is 10.2. The van der Waals surface area contributed by atoms with Crippen LogP contribution in [-0.4, -0.2) is 6.54 Å². The number of quaternary nitrogens is 1. The van der Waals surface area contributed by atoms with Crippen LogP contribution in [0.15, 0.2) is 48.5 Å². The second-order valence-electron chi connectivity index (χ2n) is 4.43. The first-order valence-electron chi connectivity index (χ1n) is 6.56. The van der Waals surface area contributed by atoms with Crippen molar-refractivity contribution in [3.05, 3.63) is 64.7 Å². The van der Waals surface area contributed by atoms with Gasteiger partial charge in [0.25, 0.3) is 0 Å². The van der Waals surface area contributed by atoms with Crippen LogP contribution in [-0.2, 0) is 13.2 Å². The van der Waals surface area contributed by atoms with Gasteiger partial charge in [0.05, 0.1) is 6.54 Å². The summed E-state index contributed by atoms with van der Waals surface area (Å²) in [6, 6.07) is 16.0. The van der Waals surface area contributed by atoms with Gasteiger partial charge >= 0.3 is 0 Å². The number of ether oxygens (including phenoxy) is 1. The van der Waals surface area contributed by atoms with Crippen molar-refractivity contribution in [1.82, 2.24) is 0 Å². The first-order chi connectivity index (χ1) is 9.29. The fraction of sp³-hybridized carbons (Fsp3) is 0.250. The number of hydrogen-bond donors (Lipinski definition) is 1. The molecule has 0 spiro atoms. The molecule has 19 heavy (non-hydrogen) atoms. The molecule has 2 rings (SSSR count). The molecular formula is C16H19ClNO+. The maximum atomic E-state index is 6.04. The van der Waals surface area contributed by atoms with E-state index in [4.69, 9.17) is 16.3 Å². The summed E-state index contributed by atoms with van der Waals surface area (Å²) in [6.45, 7) is 4.66. The van der Waals surface area contributed by atoms with Crippen LogP contribution >= 0.6 is 11.6 Å². The molecule has 0 aliphatic heterocycles. The van der Waals surface area contributed by atoms with E-state index in [1.54, 1.807) is 0 Å². The van der Waals surface area contributed by atoms with E-state index in [1.165, 1.54) is 5.56 Å². The number of benzene rings is 2. The number of halogens is 1. The third-order valence-corrected chi connectivity index (χ3v) is 3.15. The van der Waals surface area contributed by atoms with Crippen LogP contribution in [0.2, 0.25) is 5.02 Å². The van der Waals surface area contributed by atoms with Crippen molar-refractivity contribution in [3.63, 3.8) is 0 Å². The van der Waals surface area contributed by atoms with Crippen molar-refractivity contribution in [1.29, 1.82) is 0 Å². The molecule has 0 heterocycles. The Bertz CT molecular complexity index is 513. The normalized spacial score (nSPS) is 10.4. The minimum Gasteiger partial charge on any atom is -0.488 e. The molecule has 2 N–H and O–H groups in total. The molecule has 0 aromatic heterocycles. The lowest BCUT2D eigenvalue weighted by Gasteiger charge is -2.11. The first kappa shape index (κ1) is 13.9. The fourth-order valence-electron chi connectivity index (χ4n) is 1.88. The van der Waals surface area contributed by atoms with E-state index in [0.29, 0.717) is 6.61 Å². The average Bonchev–Trinajstić information content (AvgIpc) is 2.45. The van der Waals surface area contributed by atoms with Crippen LogP contribution in [0, 0.1) is 0 Å². The summed E-state index contributed by atoms with van der Waals surface area (Å²) in [6.07, 6.45) is 0. The summed E-state index contributed by atoms with van der Waals surface area (Å²) in [7, 11) is 0. The van der Waals surface area contributed by atoms with Gasteiger partial charge in [-0.2, -0.15) is 0 Å². The quantitative estimate of drug-likeness (QED) is 0.862. The molecule has 2 aromatic rings. The highest BCUT2D eigenvalue weighted by Crippen LogP contribution is 2.23. The Hall–Kier alpha value is -1.51. The second-order valence-corrected chi connectivity index (χ2v) is 4.86. The predicted molar refractivity (Wildman–Crippen MR) is 78.4 cm³/mol. The summed E-state index contributed by atoms with van der Waals surface area (Å²) in [5.41, 5.74) is 2.31. The van der Waals surface area contributed by atoms with Gasteiger partial charge in [-0.15, -0.1) is 0 Å². The van der Waals surface area contributed by atoms with Gasteiger partial charge in [0.2, 0.25) is 0 Å². The molecule has 0 saturated carbocycles. The highest BCUT2D eigenvalue weighted by molar-refractivity contribution is 6.30. The van der Waals surface area contributed by atoms with Gasteiger partial charge in [-0.3, -0.25) is 0 Å². The lowest BCUT2D eigenvalue weighted by molar-refractivity contribution is -0.667. The van der Waals surface area contributed by atoms with Gasteiger partial charge in [-0.1, -0.05) is 41.9 Å². The Labute approximate surface area is 119 Å². The smallest absolute Gasteiger partial charge is 0.128 e. The third kappa shape index (κ3) is 4.27. The van der Waals surface area contributed by atoms with Gasteiger partial charge in [0.1, 0.15) is 18.9 Å². The Balaban J connectivity index is 2.06. The maximum Gasteiger partial charge on any atom is 0.128 e. The van der Waals surface area contributed by atoms with Gasteiger partial charge in [-0.05, 0) is 30.7 Å². The SMILES string of the molecule is CC[NH2+]Cc1cc(Cl)ccc1OCc1ccccc1. The highest BCUT2D eigenvalue weighted by atomic mass is 35.5. The van der Waals surface area contributed by atoms with Gasteiger partial charge in [0, 0.05) is 10.6 Å². The van der Waals surface area contributed by atoms with Crippen LogP contribution in [0.4, 0.5) is 0 Å². The Kier molecular flexibility index (Phi) is 5.25. The first-order valence-corrected chi connectivity index (χ1v) is 6.94. The van der Waals surface area contributed by atoms with Gasteiger partial charge < -0.3 is 10.1 Å². The molecule has 2 nitrogen and oxygen atoms in total.